The SMILES string of the molecule is C/C=C1\C[C@H]2C(S(=O)(=O)O)Nc3cc(OCCP(=O)(CCO)CCOc4cc5c(cc4OC)C(=O)N4C/C(=C/C)C[C@H]4C(S(=O)(=O)O)N5)c(OC)cc3C(=O)N2C1. The van der Waals surface area contributed by atoms with E-state index in [1.807, 2.05) is 0 Å². The maximum absolute atomic E-state index is 14.1. The molecule has 0 aliphatic carbocycles. The molecule has 2 saturated heterocycles. The van der Waals surface area contributed by atoms with E-state index in [1.54, 1.807) is 26.0 Å². The molecule has 0 saturated carbocycles. The van der Waals surface area contributed by atoms with E-state index >= 15 is 0 Å². The van der Waals surface area contributed by atoms with Crippen LogP contribution in [0, 0.1) is 0 Å². The molecule has 4 aliphatic rings. The zero-order chi connectivity index (χ0) is 41.4. The first kappa shape index (κ1) is 42.3. The normalized spacial score (nSPS) is 24.3. The van der Waals surface area contributed by atoms with Crippen molar-refractivity contribution < 1.29 is 64.1 Å². The molecule has 18 nitrogen and oxygen atoms in total. The molecule has 0 spiro atoms. The summed E-state index contributed by atoms with van der Waals surface area (Å²) in [4.78, 5) is 30.1. The van der Waals surface area contributed by atoms with E-state index in [1.165, 1.54) is 48.3 Å². The van der Waals surface area contributed by atoms with Gasteiger partial charge in [-0.2, -0.15) is 16.8 Å². The summed E-state index contributed by atoms with van der Waals surface area (Å²) in [5.74, 6) is -0.404. The molecular formula is C36H47N4O14PS2. The molecule has 0 radical (unpaired) electrons. The standard InChI is InChI=1S/C36H47N4O14PS2/c1-5-21-13-27-33(56(45,46)47)37-25-17-31(29(51-3)15-23(25)35(42)39(27)19-21)53-8-11-55(44,10-7-41)12-9-54-32-18-26-24(16-30(32)52-4)36(43)40-20-22(6-2)14-28(40)34(38-26)57(48,49)50/h5-6,15-18,27-28,33-34,37-38,41H,7-14,19-20H2,1-4H3,(H,45,46,47)(H,48,49,50)/b21-5+,22-6+/t27-,28-,33?,34?,55?/m0/s1. The summed E-state index contributed by atoms with van der Waals surface area (Å²) in [6.45, 7) is 3.29. The molecule has 2 aromatic carbocycles. The number of anilines is 2. The van der Waals surface area contributed by atoms with Gasteiger partial charge in [-0.15, -0.1) is 0 Å². The lowest BCUT2D eigenvalue weighted by atomic mass is 10.1. The van der Waals surface area contributed by atoms with Crippen molar-refractivity contribution in [2.45, 2.75) is 49.5 Å². The Balaban J connectivity index is 1.17. The Kier molecular flexibility index (Phi) is 12.2. The van der Waals surface area contributed by atoms with E-state index in [0.717, 1.165) is 11.1 Å². The number of aliphatic hydroxyl groups is 1. The van der Waals surface area contributed by atoms with Gasteiger partial charge in [0.1, 0.15) is 0 Å². The van der Waals surface area contributed by atoms with Crippen molar-refractivity contribution in [3.05, 3.63) is 58.7 Å². The minimum atomic E-state index is -4.67. The quantitative estimate of drug-likeness (QED) is 0.104. The number of ether oxygens (including phenoxy) is 4. The number of fused-ring (bicyclic) bond motifs is 4. The Morgan fingerprint density at radius 2 is 1.12 bits per heavy atom. The second kappa shape index (κ2) is 16.5. The lowest BCUT2D eigenvalue weighted by Gasteiger charge is -2.26. The fraction of sp³-hybridized carbons (Fsp3) is 0.500. The van der Waals surface area contributed by atoms with E-state index in [4.69, 9.17) is 18.9 Å². The molecule has 2 aromatic rings. The van der Waals surface area contributed by atoms with Gasteiger partial charge in [0.2, 0.25) is 0 Å². The molecule has 21 heteroatoms. The first-order valence-electron chi connectivity index (χ1n) is 18.2. The Hall–Kier alpha value is -4.33. The minimum absolute atomic E-state index is 0.0298. The van der Waals surface area contributed by atoms with Gasteiger partial charge >= 0.3 is 0 Å². The monoisotopic (exact) mass is 854 g/mol. The number of allylic oxidation sites excluding steroid dienone is 2. The number of methoxy groups -OCH3 is 2. The molecule has 4 aliphatic heterocycles. The molecule has 2 unspecified atom stereocenters. The molecule has 2 amide bonds. The fourth-order valence-corrected chi connectivity index (χ4v) is 11.5. The lowest BCUT2D eigenvalue weighted by Crippen LogP contribution is -2.47. The van der Waals surface area contributed by atoms with Gasteiger partial charge in [-0.25, -0.2) is 0 Å². The van der Waals surface area contributed by atoms with Crippen molar-refractivity contribution in [2.24, 2.45) is 0 Å². The van der Waals surface area contributed by atoms with Crippen LogP contribution in [0.2, 0.25) is 0 Å². The first-order chi connectivity index (χ1) is 26.9. The molecule has 4 heterocycles. The Labute approximate surface area is 331 Å². The second-order valence-corrected chi connectivity index (χ2v) is 20.7. The van der Waals surface area contributed by atoms with Crippen molar-refractivity contribution in [3.8, 4) is 23.0 Å². The van der Waals surface area contributed by atoms with E-state index < -0.39 is 68.6 Å². The van der Waals surface area contributed by atoms with Crippen molar-refractivity contribution in [2.75, 3.05) is 76.2 Å². The highest BCUT2D eigenvalue weighted by molar-refractivity contribution is 7.86. The highest BCUT2D eigenvalue weighted by atomic mass is 32.2. The van der Waals surface area contributed by atoms with Crippen LogP contribution in [0.5, 0.6) is 23.0 Å². The Morgan fingerprint density at radius 1 is 0.719 bits per heavy atom. The van der Waals surface area contributed by atoms with Gasteiger partial charge in [0.05, 0.1) is 69.2 Å². The summed E-state index contributed by atoms with van der Waals surface area (Å²) in [6.07, 6.45) is 3.98. The molecule has 57 heavy (non-hydrogen) atoms. The molecule has 0 bridgehead atoms. The van der Waals surface area contributed by atoms with Gasteiger partial charge in [0, 0.05) is 50.3 Å². The Bertz CT molecular complexity index is 2110. The van der Waals surface area contributed by atoms with E-state index in [-0.39, 0.29) is 103 Å². The van der Waals surface area contributed by atoms with Gasteiger partial charge < -0.3 is 49.1 Å². The van der Waals surface area contributed by atoms with Crippen LogP contribution in [-0.2, 0) is 24.8 Å². The fourth-order valence-electron chi connectivity index (χ4n) is 7.74. The predicted molar refractivity (Wildman–Crippen MR) is 211 cm³/mol. The van der Waals surface area contributed by atoms with Crippen LogP contribution in [0.15, 0.2) is 47.6 Å². The van der Waals surface area contributed by atoms with Crippen LogP contribution in [0.4, 0.5) is 11.4 Å². The van der Waals surface area contributed by atoms with Crippen LogP contribution in [-0.4, -0.2) is 141 Å². The maximum Gasteiger partial charge on any atom is 0.288 e. The number of nitrogens with zero attached hydrogens (tertiary/aromatic N) is 2. The minimum Gasteiger partial charge on any atom is -0.493 e. The second-order valence-electron chi connectivity index (χ2n) is 14.2. The van der Waals surface area contributed by atoms with Gasteiger partial charge in [-0.05, 0) is 38.8 Å². The molecule has 312 valence electrons. The number of rotatable bonds is 14. The number of carbonyl (C=O) groups is 2. The first-order valence-corrected chi connectivity index (χ1v) is 23.5. The molecule has 0 aromatic heterocycles. The summed E-state index contributed by atoms with van der Waals surface area (Å²) in [5, 5.41) is 12.4. The number of nitrogens with one attached hydrogen (secondary N) is 2. The maximum atomic E-state index is 14.1. The summed E-state index contributed by atoms with van der Waals surface area (Å²) < 4.78 is 107. The largest absolute Gasteiger partial charge is 0.493 e. The van der Waals surface area contributed by atoms with Crippen molar-refractivity contribution in [1.29, 1.82) is 0 Å². The smallest absolute Gasteiger partial charge is 0.288 e. The Morgan fingerprint density at radius 3 is 1.46 bits per heavy atom. The molecule has 6 rings (SSSR count). The van der Waals surface area contributed by atoms with Gasteiger partial charge in [0.25, 0.3) is 32.1 Å². The molecule has 2 fully saturated rings. The lowest BCUT2D eigenvalue weighted by molar-refractivity contribution is 0.0737. The van der Waals surface area contributed by atoms with Crippen LogP contribution in [0.1, 0.15) is 47.4 Å². The average molecular weight is 855 g/mol. The number of hydrogen-bond acceptors (Lipinski definition) is 14. The van der Waals surface area contributed by atoms with Crippen LogP contribution >= 0.6 is 7.14 Å². The third-order valence-corrected chi connectivity index (χ3v) is 16.0. The highest BCUT2D eigenvalue weighted by Gasteiger charge is 2.47. The van der Waals surface area contributed by atoms with Gasteiger partial charge in [0.15, 0.2) is 33.7 Å². The van der Waals surface area contributed by atoms with Crippen LogP contribution in [0.25, 0.3) is 0 Å². The summed E-state index contributed by atoms with van der Waals surface area (Å²) >= 11 is 0. The highest BCUT2D eigenvalue weighted by Crippen LogP contribution is 2.46. The summed E-state index contributed by atoms with van der Waals surface area (Å²) in [5.41, 5.74) is 2.11. The topological polar surface area (TPSA) is 248 Å². The number of amides is 2. The van der Waals surface area contributed by atoms with E-state index in [9.17, 15) is 45.2 Å². The third-order valence-electron chi connectivity index (χ3n) is 10.9. The molecule has 5 N–H and O–H groups in total. The predicted octanol–water partition coefficient (Wildman–Crippen LogP) is 3.12. The summed E-state index contributed by atoms with van der Waals surface area (Å²) in [6, 6.07) is 3.88. The van der Waals surface area contributed by atoms with Crippen LogP contribution in [0.3, 0.4) is 0 Å². The van der Waals surface area contributed by atoms with Crippen LogP contribution < -0.4 is 29.6 Å². The van der Waals surface area contributed by atoms with Crippen molar-refractivity contribution >= 4 is 50.6 Å². The third kappa shape index (κ3) is 8.61. The van der Waals surface area contributed by atoms with Gasteiger partial charge in [-0.3, -0.25) is 18.7 Å². The number of aliphatic hydroxyl groups excluding tert-OH is 1. The summed E-state index contributed by atoms with van der Waals surface area (Å²) in [7, 11) is -9.81. The van der Waals surface area contributed by atoms with Crippen molar-refractivity contribution in [1.82, 2.24) is 9.80 Å². The average Bonchev–Trinajstić information content (AvgIpc) is 3.74. The zero-order valence-electron chi connectivity index (χ0n) is 31.8. The molecular weight excluding hydrogens is 808 g/mol. The number of hydrogen-bond donors (Lipinski definition) is 5. The van der Waals surface area contributed by atoms with Crippen molar-refractivity contribution in [3.63, 3.8) is 0 Å². The van der Waals surface area contributed by atoms with Gasteiger partial charge in [-0.1, -0.05) is 23.3 Å². The van der Waals surface area contributed by atoms with E-state index in [2.05, 4.69) is 10.6 Å². The molecule has 4 atom stereocenters. The van der Waals surface area contributed by atoms with E-state index in [0.29, 0.717) is 0 Å². The number of carbonyl (C=O) groups excluding carboxylic acids is 2. The number of benzene rings is 2. The zero-order valence-corrected chi connectivity index (χ0v) is 34.4.